The SMILES string of the molecule is O=C(NCCCc1nc2ccc(F)cc2[nH]1)C1CCOC1. The van der Waals surface area contributed by atoms with Crippen molar-refractivity contribution in [2.24, 2.45) is 5.92 Å². The number of H-pyrrole nitrogens is 1. The number of nitrogens with zero attached hydrogens (tertiary/aromatic N) is 1. The molecule has 1 amide bonds. The molecule has 0 radical (unpaired) electrons. The molecular formula is C15H18FN3O2. The first-order chi connectivity index (χ1) is 10.2. The van der Waals surface area contributed by atoms with Crippen molar-refractivity contribution in [2.75, 3.05) is 19.8 Å². The fourth-order valence-electron chi connectivity index (χ4n) is 2.51. The third-order valence-electron chi connectivity index (χ3n) is 3.68. The van der Waals surface area contributed by atoms with Crippen molar-refractivity contribution in [1.29, 1.82) is 0 Å². The number of carbonyl (C=O) groups is 1. The number of benzene rings is 1. The minimum Gasteiger partial charge on any atom is -0.381 e. The van der Waals surface area contributed by atoms with E-state index in [1.165, 1.54) is 12.1 Å². The van der Waals surface area contributed by atoms with Gasteiger partial charge in [-0.2, -0.15) is 0 Å². The predicted molar refractivity (Wildman–Crippen MR) is 76.3 cm³/mol. The van der Waals surface area contributed by atoms with Gasteiger partial charge >= 0.3 is 0 Å². The average Bonchev–Trinajstić information content (AvgIpc) is 3.11. The molecule has 1 aliphatic heterocycles. The van der Waals surface area contributed by atoms with E-state index in [-0.39, 0.29) is 17.6 Å². The maximum absolute atomic E-state index is 13.1. The topological polar surface area (TPSA) is 67.0 Å². The molecule has 2 heterocycles. The Morgan fingerprint density at radius 2 is 2.43 bits per heavy atom. The summed E-state index contributed by atoms with van der Waals surface area (Å²) in [4.78, 5) is 19.3. The molecule has 21 heavy (non-hydrogen) atoms. The molecule has 0 bridgehead atoms. The number of carbonyl (C=O) groups excluding carboxylic acids is 1. The summed E-state index contributed by atoms with van der Waals surface area (Å²) in [5.74, 6) is 0.608. The lowest BCUT2D eigenvalue weighted by Crippen LogP contribution is -2.31. The van der Waals surface area contributed by atoms with Crippen LogP contribution in [0, 0.1) is 11.7 Å². The second-order valence-electron chi connectivity index (χ2n) is 5.30. The van der Waals surface area contributed by atoms with Gasteiger partial charge in [-0.15, -0.1) is 0 Å². The summed E-state index contributed by atoms with van der Waals surface area (Å²) in [7, 11) is 0. The summed E-state index contributed by atoms with van der Waals surface area (Å²) in [6, 6.07) is 4.50. The van der Waals surface area contributed by atoms with Gasteiger partial charge in [-0.05, 0) is 31.0 Å². The zero-order chi connectivity index (χ0) is 14.7. The lowest BCUT2D eigenvalue weighted by atomic mass is 10.1. The molecule has 6 heteroatoms. The van der Waals surface area contributed by atoms with Crippen LogP contribution in [-0.4, -0.2) is 35.6 Å². The highest BCUT2D eigenvalue weighted by Gasteiger charge is 2.22. The Morgan fingerprint density at radius 3 is 3.24 bits per heavy atom. The molecule has 1 atom stereocenters. The van der Waals surface area contributed by atoms with Crippen LogP contribution in [0.1, 0.15) is 18.7 Å². The Balaban J connectivity index is 1.46. The van der Waals surface area contributed by atoms with E-state index in [0.29, 0.717) is 25.3 Å². The maximum atomic E-state index is 13.1. The number of aromatic nitrogens is 2. The summed E-state index contributed by atoms with van der Waals surface area (Å²) in [5.41, 5.74) is 1.47. The van der Waals surface area contributed by atoms with Crippen LogP contribution in [0.5, 0.6) is 0 Å². The maximum Gasteiger partial charge on any atom is 0.225 e. The molecule has 1 saturated heterocycles. The van der Waals surface area contributed by atoms with Crippen LogP contribution < -0.4 is 5.32 Å². The van der Waals surface area contributed by atoms with Crippen LogP contribution in [0.15, 0.2) is 18.2 Å². The first kappa shape index (κ1) is 14.0. The molecule has 112 valence electrons. The quantitative estimate of drug-likeness (QED) is 0.825. The molecule has 5 nitrogen and oxygen atoms in total. The number of aromatic amines is 1. The molecular weight excluding hydrogens is 273 g/mol. The third kappa shape index (κ3) is 3.39. The Bertz CT molecular complexity index is 635. The van der Waals surface area contributed by atoms with E-state index < -0.39 is 0 Å². The van der Waals surface area contributed by atoms with Crippen molar-refractivity contribution < 1.29 is 13.9 Å². The number of fused-ring (bicyclic) bond motifs is 1. The number of hydrogen-bond acceptors (Lipinski definition) is 3. The number of nitrogens with one attached hydrogen (secondary N) is 2. The fourth-order valence-corrected chi connectivity index (χ4v) is 2.51. The van der Waals surface area contributed by atoms with Crippen LogP contribution in [0.4, 0.5) is 4.39 Å². The molecule has 2 N–H and O–H groups in total. The Labute approximate surface area is 121 Å². The van der Waals surface area contributed by atoms with Crippen molar-refractivity contribution >= 4 is 16.9 Å². The number of rotatable bonds is 5. The Kier molecular flexibility index (Phi) is 4.15. The molecule has 1 aliphatic rings. The average molecular weight is 291 g/mol. The minimum atomic E-state index is -0.274. The van der Waals surface area contributed by atoms with Gasteiger partial charge in [0, 0.05) is 19.6 Å². The van der Waals surface area contributed by atoms with Gasteiger partial charge in [-0.1, -0.05) is 0 Å². The monoisotopic (exact) mass is 291 g/mol. The van der Waals surface area contributed by atoms with Crippen LogP contribution >= 0.6 is 0 Å². The van der Waals surface area contributed by atoms with Gasteiger partial charge in [0.1, 0.15) is 11.6 Å². The summed E-state index contributed by atoms with van der Waals surface area (Å²) in [6.45, 7) is 1.81. The van der Waals surface area contributed by atoms with E-state index in [4.69, 9.17) is 4.74 Å². The Morgan fingerprint density at radius 1 is 1.52 bits per heavy atom. The van der Waals surface area contributed by atoms with E-state index in [1.807, 2.05) is 0 Å². The van der Waals surface area contributed by atoms with Gasteiger partial charge in [0.15, 0.2) is 0 Å². The second kappa shape index (κ2) is 6.22. The molecule has 3 rings (SSSR count). The lowest BCUT2D eigenvalue weighted by Gasteiger charge is -2.08. The van der Waals surface area contributed by atoms with Gasteiger partial charge in [-0.3, -0.25) is 4.79 Å². The van der Waals surface area contributed by atoms with Gasteiger partial charge in [0.25, 0.3) is 0 Å². The smallest absolute Gasteiger partial charge is 0.225 e. The van der Waals surface area contributed by atoms with Crippen molar-refractivity contribution in [3.63, 3.8) is 0 Å². The first-order valence-corrected chi connectivity index (χ1v) is 7.22. The normalized spacial score (nSPS) is 18.2. The van der Waals surface area contributed by atoms with Gasteiger partial charge < -0.3 is 15.0 Å². The highest BCUT2D eigenvalue weighted by molar-refractivity contribution is 5.79. The number of halogens is 1. The molecule has 1 unspecified atom stereocenters. The van der Waals surface area contributed by atoms with Crippen LogP contribution in [-0.2, 0) is 16.0 Å². The second-order valence-corrected chi connectivity index (χ2v) is 5.30. The van der Waals surface area contributed by atoms with Crippen LogP contribution in [0.2, 0.25) is 0 Å². The standard InChI is InChI=1S/C15H18FN3O2/c16-11-3-4-12-13(8-11)19-14(18-12)2-1-6-17-15(20)10-5-7-21-9-10/h3-4,8,10H,1-2,5-7,9H2,(H,17,20)(H,18,19). The van der Waals surface area contributed by atoms with E-state index >= 15 is 0 Å². The van der Waals surface area contributed by atoms with Gasteiger partial charge in [-0.25, -0.2) is 9.37 Å². The molecule has 0 spiro atoms. The number of amides is 1. The molecule has 2 aromatic rings. The molecule has 1 aromatic heterocycles. The molecule has 1 fully saturated rings. The first-order valence-electron chi connectivity index (χ1n) is 7.22. The zero-order valence-corrected chi connectivity index (χ0v) is 11.7. The largest absolute Gasteiger partial charge is 0.381 e. The predicted octanol–water partition coefficient (Wildman–Crippen LogP) is 1.79. The zero-order valence-electron chi connectivity index (χ0n) is 11.7. The van der Waals surface area contributed by atoms with Crippen molar-refractivity contribution in [2.45, 2.75) is 19.3 Å². The van der Waals surface area contributed by atoms with Crippen molar-refractivity contribution in [1.82, 2.24) is 15.3 Å². The summed E-state index contributed by atoms with van der Waals surface area (Å²) < 4.78 is 18.3. The van der Waals surface area contributed by atoms with Crippen molar-refractivity contribution in [3.05, 3.63) is 29.8 Å². The van der Waals surface area contributed by atoms with E-state index in [1.54, 1.807) is 6.07 Å². The molecule has 0 aliphatic carbocycles. The van der Waals surface area contributed by atoms with Crippen LogP contribution in [0.3, 0.4) is 0 Å². The molecule has 1 aromatic carbocycles. The summed E-state index contributed by atoms with van der Waals surface area (Å²) in [6.07, 6.45) is 2.32. The highest BCUT2D eigenvalue weighted by atomic mass is 19.1. The van der Waals surface area contributed by atoms with E-state index in [2.05, 4.69) is 15.3 Å². The number of ether oxygens (including phenoxy) is 1. The number of hydrogen-bond donors (Lipinski definition) is 2. The van der Waals surface area contributed by atoms with Gasteiger partial charge in [0.2, 0.25) is 5.91 Å². The molecule has 0 saturated carbocycles. The van der Waals surface area contributed by atoms with Crippen molar-refractivity contribution in [3.8, 4) is 0 Å². The fraction of sp³-hybridized carbons (Fsp3) is 0.467. The van der Waals surface area contributed by atoms with E-state index in [9.17, 15) is 9.18 Å². The summed E-state index contributed by atoms with van der Waals surface area (Å²) in [5, 5.41) is 2.92. The minimum absolute atomic E-state index is 0.000763. The summed E-state index contributed by atoms with van der Waals surface area (Å²) >= 11 is 0. The lowest BCUT2D eigenvalue weighted by molar-refractivity contribution is -0.124. The Hall–Kier alpha value is -1.95. The highest BCUT2D eigenvalue weighted by Crippen LogP contribution is 2.14. The van der Waals surface area contributed by atoms with E-state index in [0.717, 1.165) is 30.6 Å². The van der Waals surface area contributed by atoms with Crippen LogP contribution in [0.25, 0.3) is 11.0 Å². The number of imidazole rings is 1. The third-order valence-corrected chi connectivity index (χ3v) is 3.68. The van der Waals surface area contributed by atoms with Gasteiger partial charge in [0.05, 0.1) is 23.6 Å². The number of aryl methyl sites for hydroxylation is 1.